The summed E-state index contributed by atoms with van der Waals surface area (Å²) in [7, 11) is 0. The Morgan fingerprint density at radius 3 is 2.29 bits per heavy atom. The number of aliphatic carboxylic acids is 1. The van der Waals surface area contributed by atoms with E-state index in [2.05, 4.69) is 5.32 Å². The molecule has 0 aliphatic carbocycles. The molecule has 1 aliphatic heterocycles. The van der Waals surface area contributed by atoms with Gasteiger partial charge in [-0.15, -0.1) is 0 Å². The average Bonchev–Trinajstić information content (AvgIpc) is 2.35. The molecule has 1 heterocycles. The van der Waals surface area contributed by atoms with Gasteiger partial charge in [-0.05, 0) is 18.8 Å². The Morgan fingerprint density at radius 1 is 1.29 bits per heavy atom. The number of aliphatic hydroxyl groups excluding tert-OH is 2. The first-order valence-electron chi connectivity index (χ1n) is 5.58. The highest BCUT2D eigenvalue weighted by Gasteiger charge is 2.25. The van der Waals surface area contributed by atoms with Crippen molar-refractivity contribution in [2.75, 3.05) is 26.3 Å². The maximum Gasteiger partial charge on any atom is 0.328 e. The van der Waals surface area contributed by atoms with Crippen LogP contribution in [0.1, 0.15) is 12.8 Å². The van der Waals surface area contributed by atoms with Crippen LogP contribution in [0.4, 0.5) is 4.79 Å². The van der Waals surface area contributed by atoms with Gasteiger partial charge in [-0.1, -0.05) is 0 Å². The summed E-state index contributed by atoms with van der Waals surface area (Å²) in [6, 6.07) is -1.75. The van der Waals surface area contributed by atoms with Crippen LogP contribution in [-0.4, -0.2) is 64.6 Å². The van der Waals surface area contributed by atoms with Crippen LogP contribution in [-0.2, 0) is 4.79 Å². The number of hydrogen-bond donors (Lipinski definition) is 4. The number of aliphatic hydroxyl groups is 2. The van der Waals surface area contributed by atoms with E-state index >= 15 is 0 Å². The van der Waals surface area contributed by atoms with Gasteiger partial charge < -0.3 is 25.5 Å². The molecular formula is C10H18N2O5. The molecule has 0 saturated carbocycles. The predicted molar refractivity (Wildman–Crippen MR) is 58.4 cm³/mol. The average molecular weight is 246 g/mol. The summed E-state index contributed by atoms with van der Waals surface area (Å²) in [5, 5.41) is 28.6. The normalized spacial score (nSPS) is 18.8. The van der Waals surface area contributed by atoms with Crippen LogP contribution >= 0.6 is 0 Å². The number of piperidine rings is 1. The van der Waals surface area contributed by atoms with Gasteiger partial charge in [-0.2, -0.15) is 0 Å². The fourth-order valence-electron chi connectivity index (χ4n) is 1.74. The fraction of sp³-hybridized carbons (Fsp3) is 0.800. The van der Waals surface area contributed by atoms with Crippen molar-refractivity contribution in [2.24, 2.45) is 5.92 Å². The zero-order valence-electron chi connectivity index (χ0n) is 9.50. The van der Waals surface area contributed by atoms with Gasteiger partial charge in [-0.3, -0.25) is 0 Å². The molecular weight excluding hydrogens is 228 g/mol. The minimum Gasteiger partial charge on any atom is -0.480 e. The molecule has 0 spiro atoms. The van der Waals surface area contributed by atoms with Gasteiger partial charge in [0.1, 0.15) is 0 Å². The number of carbonyl (C=O) groups is 2. The lowest BCUT2D eigenvalue weighted by atomic mass is 9.98. The summed E-state index contributed by atoms with van der Waals surface area (Å²) in [5.74, 6) is -1.04. The van der Waals surface area contributed by atoms with Crippen molar-refractivity contribution in [3.63, 3.8) is 0 Å². The molecule has 1 rings (SSSR count). The van der Waals surface area contributed by atoms with E-state index in [-0.39, 0.29) is 12.5 Å². The number of nitrogens with one attached hydrogen (secondary N) is 1. The van der Waals surface area contributed by atoms with Gasteiger partial charge in [0.25, 0.3) is 0 Å². The SMILES string of the molecule is O=C(O)C(CO)NC(=O)N1CCC(CO)CC1. The van der Waals surface area contributed by atoms with Gasteiger partial charge in [0.2, 0.25) is 0 Å². The van der Waals surface area contributed by atoms with E-state index in [1.807, 2.05) is 0 Å². The Bertz CT molecular complexity index is 276. The lowest BCUT2D eigenvalue weighted by Gasteiger charge is -2.31. The second-order valence-electron chi connectivity index (χ2n) is 4.14. The van der Waals surface area contributed by atoms with E-state index < -0.39 is 24.6 Å². The molecule has 4 N–H and O–H groups in total. The van der Waals surface area contributed by atoms with Gasteiger partial charge >= 0.3 is 12.0 Å². The molecule has 98 valence electrons. The van der Waals surface area contributed by atoms with Crippen molar-refractivity contribution in [3.8, 4) is 0 Å². The second kappa shape index (κ2) is 6.41. The zero-order valence-corrected chi connectivity index (χ0v) is 9.50. The van der Waals surface area contributed by atoms with Gasteiger partial charge in [0, 0.05) is 19.7 Å². The molecule has 0 radical (unpaired) electrons. The molecule has 17 heavy (non-hydrogen) atoms. The minimum absolute atomic E-state index is 0.115. The summed E-state index contributed by atoms with van der Waals surface area (Å²) in [4.78, 5) is 23.8. The number of hydrogen-bond acceptors (Lipinski definition) is 4. The van der Waals surface area contributed by atoms with Gasteiger partial charge in [0.15, 0.2) is 6.04 Å². The molecule has 2 amide bonds. The van der Waals surface area contributed by atoms with E-state index in [4.69, 9.17) is 15.3 Å². The molecule has 0 aromatic rings. The van der Waals surface area contributed by atoms with Crippen LogP contribution in [0.15, 0.2) is 0 Å². The minimum atomic E-state index is -1.27. The molecule has 7 heteroatoms. The lowest BCUT2D eigenvalue weighted by Crippen LogP contribution is -2.51. The Kier molecular flexibility index (Phi) is 5.17. The summed E-state index contributed by atoms with van der Waals surface area (Å²) >= 11 is 0. The Balaban J connectivity index is 2.41. The van der Waals surface area contributed by atoms with E-state index in [1.54, 1.807) is 0 Å². The van der Waals surface area contributed by atoms with Crippen molar-refractivity contribution in [2.45, 2.75) is 18.9 Å². The number of carboxylic acids is 1. The Morgan fingerprint density at radius 2 is 1.88 bits per heavy atom. The first-order chi connectivity index (χ1) is 8.08. The highest BCUT2D eigenvalue weighted by molar-refractivity contribution is 5.82. The Labute approximate surface area is 99.0 Å². The largest absolute Gasteiger partial charge is 0.480 e. The highest BCUT2D eigenvalue weighted by atomic mass is 16.4. The third kappa shape index (κ3) is 3.86. The monoisotopic (exact) mass is 246 g/mol. The number of urea groups is 1. The van der Waals surface area contributed by atoms with Crippen molar-refractivity contribution in [1.82, 2.24) is 10.2 Å². The van der Waals surface area contributed by atoms with Crippen LogP contribution in [0, 0.1) is 5.92 Å². The molecule has 0 bridgehead atoms. The molecule has 1 saturated heterocycles. The maximum absolute atomic E-state index is 11.6. The van der Waals surface area contributed by atoms with Crippen molar-refractivity contribution >= 4 is 12.0 Å². The third-order valence-corrected chi connectivity index (χ3v) is 2.94. The zero-order chi connectivity index (χ0) is 12.8. The fourth-order valence-corrected chi connectivity index (χ4v) is 1.74. The first kappa shape index (κ1) is 13.7. The van der Waals surface area contributed by atoms with Crippen LogP contribution in [0.2, 0.25) is 0 Å². The van der Waals surface area contributed by atoms with Gasteiger partial charge in [0.05, 0.1) is 6.61 Å². The quantitative estimate of drug-likeness (QED) is 0.500. The van der Waals surface area contributed by atoms with Crippen LogP contribution < -0.4 is 5.32 Å². The number of carbonyl (C=O) groups excluding carboxylic acids is 1. The summed E-state index contributed by atoms with van der Waals surface area (Å²) < 4.78 is 0. The molecule has 7 nitrogen and oxygen atoms in total. The second-order valence-corrected chi connectivity index (χ2v) is 4.14. The standard InChI is InChI=1S/C10H18N2O5/c13-5-7-1-3-12(4-2-7)10(17)11-8(6-14)9(15)16/h7-8,13-14H,1-6H2,(H,11,17)(H,15,16). The third-order valence-electron chi connectivity index (χ3n) is 2.94. The molecule has 1 aliphatic rings. The van der Waals surface area contributed by atoms with E-state index in [0.717, 1.165) is 0 Å². The summed E-state index contributed by atoms with van der Waals surface area (Å²) in [5.41, 5.74) is 0. The van der Waals surface area contributed by atoms with E-state index in [0.29, 0.717) is 25.9 Å². The number of rotatable bonds is 4. The van der Waals surface area contributed by atoms with Crippen molar-refractivity contribution < 1.29 is 24.9 Å². The van der Waals surface area contributed by atoms with Gasteiger partial charge in [-0.25, -0.2) is 9.59 Å². The van der Waals surface area contributed by atoms with Crippen LogP contribution in [0.25, 0.3) is 0 Å². The summed E-state index contributed by atoms with van der Waals surface area (Å²) in [6.07, 6.45) is 1.42. The summed E-state index contributed by atoms with van der Waals surface area (Å²) in [6.45, 7) is 0.474. The molecule has 1 atom stereocenters. The van der Waals surface area contributed by atoms with Crippen LogP contribution in [0.3, 0.4) is 0 Å². The van der Waals surface area contributed by atoms with Crippen molar-refractivity contribution in [3.05, 3.63) is 0 Å². The molecule has 1 unspecified atom stereocenters. The number of carboxylic acid groups (broad SMARTS) is 1. The number of amides is 2. The van der Waals surface area contributed by atoms with Crippen LogP contribution in [0.5, 0.6) is 0 Å². The predicted octanol–water partition coefficient (Wildman–Crippen LogP) is -1.15. The number of likely N-dealkylation sites (tertiary alicyclic amines) is 1. The highest BCUT2D eigenvalue weighted by Crippen LogP contribution is 2.16. The smallest absolute Gasteiger partial charge is 0.328 e. The molecule has 0 aromatic carbocycles. The lowest BCUT2D eigenvalue weighted by molar-refractivity contribution is -0.140. The Hall–Kier alpha value is -1.34. The molecule has 0 aromatic heterocycles. The van der Waals surface area contributed by atoms with E-state index in [9.17, 15) is 9.59 Å². The molecule has 1 fully saturated rings. The number of nitrogens with zero attached hydrogens (tertiary/aromatic N) is 1. The maximum atomic E-state index is 11.6. The van der Waals surface area contributed by atoms with Crippen molar-refractivity contribution in [1.29, 1.82) is 0 Å². The first-order valence-corrected chi connectivity index (χ1v) is 5.58. The van der Waals surface area contributed by atoms with E-state index in [1.165, 1.54) is 4.90 Å². The topological polar surface area (TPSA) is 110 Å².